The summed E-state index contributed by atoms with van der Waals surface area (Å²) in [4.78, 5) is 2.56. The van der Waals surface area contributed by atoms with Gasteiger partial charge in [-0.1, -0.05) is 24.4 Å². The van der Waals surface area contributed by atoms with Crippen LogP contribution in [0.1, 0.15) is 51.4 Å². The summed E-state index contributed by atoms with van der Waals surface area (Å²) in [5, 5.41) is 12.6. The van der Waals surface area contributed by atoms with Crippen LogP contribution < -0.4 is 0 Å². The van der Waals surface area contributed by atoms with Crippen molar-refractivity contribution in [1.29, 1.82) is 0 Å². The number of oxime groups is 1. The fourth-order valence-electron chi connectivity index (χ4n) is 3.03. The Labute approximate surface area is 98.5 Å². The van der Waals surface area contributed by atoms with Crippen LogP contribution in [0.3, 0.4) is 0 Å². The minimum Gasteiger partial charge on any atom is -0.411 e. The number of hydrogen-bond acceptors (Lipinski definition) is 3. The number of nitrogens with zero attached hydrogens (tertiary/aromatic N) is 2. The summed E-state index contributed by atoms with van der Waals surface area (Å²) in [7, 11) is 0. The van der Waals surface area contributed by atoms with Crippen molar-refractivity contribution < 1.29 is 5.21 Å². The van der Waals surface area contributed by atoms with Crippen LogP contribution in [0.2, 0.25) is 0 Å². The van der Waals surface area contributed by atoms with Crippen LogP contribution in [0.25, 0.3) is 0 Å². The molecule has 1 saturated heterocycles. The lowest BCUT2D eigenvalue weighted by Crippen LogP contribution is -2.36. The maximum Gasteiger partial charge on any atom is 0.0614 e. The highest BCUT2D eigenvalue weighted by Crippen LogP contribution is 2.23. The maximum atomic E-state index is 9.09. The SMILES string of the molecule is O/N=C1\CCCCC[C@H]1CN1CCCCC1. The molecule has 1 atom stereocenters. The van der Waals surface area contributed by atoms with Crippen molar-refractivity contribution in [3.63, 3.8) is 0 Å². The summed E-state index contributed by atoms with van der Waals surface area (Å²) in [6.07, 6.45) is 10.1. The quantitative estimate of drug-likeness (QED) is 0.445. The molecule has 0 aromatic heterocycles. The van der Waals surface area contributed by atoms with Gasteiger partial charge in [-0.15, -0.1) is 0 Å². The average Bonchev–Trinajstić information content (AvgIpc) is 2.55. The molecule has 1 heterocycles. The average molecular weight is 224 g/mol. The number of hydrogen-bond donors (Lipinski definition) is 1. The van der Waals surface area contributed by atoms with E-state index in [9.17, 15) is 0 Å². The topological polar surface area (TPSA) is 35.8 Å². The molecule has 16 heavy (non-hydrogen) atoms. The zero-order valence-electron chi connectivity index (χ0n) is 10.2. The van der Waals surface area contributed by atoms with Gasteiger partial charge in [0.2, 0.25) is 0 Å². The Morgan fingerprint density at radius 1 is 1.06 bits per heavy atom. The van der Waals surface area contributed by atoms with Crippen molar-refractivity contribution in [3.8, 4) is 0 Å². The van der Waals surface area contributed by atoms with Crippen LogP contribution in [-0.4, -0.2) is 35.5 Å². The monoisotopic (exact) mass is 224 g/mol. The van der Waals surface area contributed by atoms with Crippen molar-refractivity contribution in [3.05, 3.63) is 0 Å². The first kappa shape index (κ1) is 11.9. The van der Waals surface area contributed by atoms with E-state index < -0.39 is 0 Å². The number of rotatable bonds is 2. The van der Waals surface area contributed by atoms with Crippen LogP contribution in [0.4, 0.5) is 0 Å². The third-order valence-electron chi connectivity index (χ3n) is 4.01. The molecule has 0 aromatic rings. The summed E-state index contributed by atoms with van der Waals surface area (Å²) in [5.41, 5.74) is 1.06. The molecular weight excluding hydrogens is 200 g/mol. The van der Waals surface area contributed by atoms with Gasteiger partial charge in [-0.05, 0) is 45.2 Å². The lowest BCUT2D eigenvalue weighted by molar-refractivity contribution is 0.207. The summed E-state index contributed by atoms with van der Waals surface area (Å²) >= 11 is 0. The Hall–Kier alpha value is -0.570. The number of likely N-dealkylation sites (tertiary alicyclic amines) is 1. The molecule has 1 saturated carbocycles. The van der Waals surface area contributed by atoms with E-state index >= 15 is 0 Å². The molecule has 1 N–H and O–H groups in total. The Morgan fingerprint density at radius 3 is 2.56 bits per heavy atom. The van der Waals surface area contributed by atoms with E-state index in [4.69, 9.17) is 5.21 Å². The Morgan fingerprint density at radius 2 is 1.81 bits per heavy atom. The van der Waals surface area contributed by atoms with Gasteiger partial charge in [0, 0.05) is 12.5 Å². The van der Waals surface area contributed by atoms with Gasteiger partial charge in [0.05, 0.1) is 5.71 Å². The molecule has 0 spiro atoms. The van der Waals surface area contributed by atoms with E-state index in [-0.39, 0.29) is 0 Å². The zero-order chi connectivity index (χ0) is 11.2. The van der Waals surface area contributed by atoms with Gasteiger partial charge in [0.15, 0.2) is 0 Å². The van der Waals surface area contributed by atoms with Gasteiger partial charge in [-0.25, -0.2) is 0 Å². The predicted octanol–water partition coefficient (Wildman–Crippen LogP) is 2.88. The second-order valence-corrected chi connectivity index (χ2v) is 5.25. The van der Waals surface area contributed by atoms with Crippen molar-refractivity contribution in [2.24, 2.45) is 11.1 Å². The van der Waals surface area contributed by atoms with Crippen molar-refractivity contribution in [2.45, 2.75) is 51.4 Å². The van der Waals surface area contributed by atoms with Crippen molar-refractivity contribution >= 4 is 5.71 Å². The molecule has 92 valence electrons. The van der Waals surface area contributed by atoms with Crippen LogP contribution in [0, 0.1) is 5.92 Å². The minimum absolute atomic E-state index is 0.519. The van der Waals surface area contributed by atoms with E-state index in [0.717, 1.165) is 18.7 Å². The van der Waals surface area contributed by atoms with E-state index in [2.05, 4.69) is 10.1 Å². The van der Waals surface area contributed by atoms with Gasteiger partial charge in [-0.2, -0.15) is 0 Å². The van der Waals surface area contributed by atoms with E-state index in [1.54, 1.807) is 0 Å². The van der Waals surface area contributed by atoms with Crippen LogP contribution in [0.15, 0.2) is 5.16 Å². The van der Waals surface area contributed by atoms with Crippen LogP contribution in [-0.2, 0) is 0 Å². The highest BCUT2D eigenvalue weighted by Gasteiger charge is 2.22. The smallest absolute Gasteiger partial charge is 0.0614 e. The summed E-state index contributed by atoms with van der Waals surface area (Å²) in [5.74, 6) is 0.519. The van der Waals surface area contributed by atoms with Gasteiger partial charge in [0.25, 0.3) is 0 Å². The third kappa shape index (κ3) is 3.21. The Bertz CT molecular complexity index is 234. The first-order chi connectivity index (χ1) is 7.90. The molecule has 0 amide bonds. The van der Waals surface area contributed by atoms with Gasteiger partial charge in [0.1, 0.15) is 0 Å². The summed E-state index contributed by atoms with van der Waals surface area (Å²) in [6, 6.07) is 0. The first-order valence-corrected chi connectivity index (χ1v) is 6.83. The molecule has 0 bridgehead atoms. The molecule has 2 fully saturated rings. The largest absolute Gasteiger partial charge is 0.411 e. The van der Waals surface area contributed by atoms with Crippen LogP contribution in [0.5, 0.6) is 0 Å². The van der Waals surface area contributed by atoms with Gasteiger partial charge >= 0.3 is 0 Å². The number of piperidine rings is 1. The van der Waals surface area contributed by atoms with Crippen molar-refractivity contribution in [2.75, 3.05) is 19.6 Å². The molecule has 0 unspecified atom stereocenters. The minimum atomic E-state index is 0.519. The standard InChI is InChI=1S/C13H24N2O/c16-14-13-8-4-1-3-7-12(13)11-15-9-5-2-6-10-15/h12,16H,1-11H2/b14-13+/t12-/m0/s1. The molecule has 1 aliphatic heterocycles. The highest BCUT2D eigenvalue weighted by molar-refractivity contribution is 5.86. The molecular formula is C13H24N2O. The molecule has 1 aliphatic carbocycles. The molecule has 3 nitrogen and oxygen atoms in total. The second kappa shape index (κ2) is 6.24. The Kier molecular flexibility index (Phi) is 4.64. The zero-order valence-corrected chi connectivity index (χ0v) is 10.2. The second-order valence-electron chi connectivity index (χ2n) is 5.25. The molecule has 0 aromatic carbocycles. The fourth-order valence-corrected chi connectivity index (χ4v) is 3.03. The summed E-state index contributed by atoms with van der Waals surface area (Å²) < 4.78 is 0. The highest BCUT2D eigenvalue weighted by atomic mass is 16.4. The summed E-state index contributed by atoms with van der Waals surface area (Å²) in [6.45, 7) is 3.61. The molecule has 2 aliphatic rings. The molecule has 3 heteroatoms. The first-order valence-electron chi connectivity index (χ1n) is 6.83. The van der Waals surface area contributed by atoms with Crippen molar-refractivity contribution in [1.82, 2.24) is 4.90 Å². The van der Waals surface area contributed by atoms with E-state index in [1.807, 2.05) is 0 Å². The lowest BCUT2D eigenvalue weighted by Gasteiger charge is -2.30. The van der Waals surface area contributed by atoms with E-state index in [0.29, 0.717) is 5.92 Å². The maximum absolute atomic E-state index is 9.09. The van der Waals surface area contributed by atoms with Gasteiger partial charge < -0.3 is 10.1 Å². The lowest BCUT2D eigenvalue weighted by atomic mass is 9.96. The predicted molar refractivity (Wildman–Crippen MR) is 66.1 cm³/mol. The normalized spacial score (nSPS) is 31.5. The van der Waals surface area contributed by atoms with Gasteiger partial charge in [-0.3, -0.25) is 0 Å². The fraction of sp³-hybridized carbons (Fsp3) is 0.923. The van der Waals surface area contributed by atoms with Crippen LogP contribution >= 0.6 is 0 Å². The molecule has 2 rings (SSSR count). The van der Waals surface area contributed by atoms with E-state index in [1.165, 1.54) is 58.0 Å². The third-order valence-corrected chi connectivity index (χ3v) is 4.01. The molecule has 0 radical (unpaired) electrons. The Balaban J connectivity index is 1.89.